The second-order valence-corrected chi connectivity index (χ2v) is 14.3. The zero-order chi connectivity index (χ0) is 27.9. The molecule has 1 aliphatic heterocycles. The molecule has 2 bridgehead atoms. The minimum Gasteiger partial charge on any atom is -0.422 e. The monoisotopic (exact) mass is 569 g/mol. The number of hydrogen-bond acceptors (Lipinski definition) is 2. The van der Waals surface area contributed by atoms with Gasteiger partial charge in [0.1, 0.15) is 16.8 Å². The second kappa shape index (κ2) is 9.50. The van der Waals surface area contributed by atoms with E-state index in [9.17, 15) is 0 Å². The van der Waals surface area contributed by atoms with E-state index in [-0.39, 0.29) is 0 Å². The molecule has 0 saturated carbocycles. The minimum atomic E-state index is 0.327. The van der Waals surface area contributed by atoms with E-state index in [4.69, 9.17) is 4.42 Å². The van der Waals surface area contributed by atoms with E-state index in [1.54, 1.807) is 11.3 Å². The normalized spacial score (nSPS) is 25.0. The number of thioether (sulfide) groups is 1. The lowest BCUT2D eigenvalue weighted by molar-refractivity contribution is -0.678. The Morgan fingerprint density at radius 2 is 1.88 bits per heavy atom. The highest BCUT2D eigenvalue weighted by molar-refractivity contribution is 7.99. The van der Waals surface area contributed by atoms with Gasteiger partial charge in [0.2, 0.25) is 0 Å². The second-order valence-electron chi connectivity index (χ2n) is 12.8. The highest BCUT2D eigenvalue weighted by atomic mass is 32.2. The molecule has 0 fully saturated rings. The lowest BCUT2D eigenvalue weighted by Gasteiger charge is -2.27. The average Bonchev–Trinajstić information content (AvgIpc) is 3.52. The number of furan rings is 1. The lowest BCUT2D eigenvalue weighted by atomic mass is 9.78. The molecule has 210 valence electrons. The summed E-state index contributed by atoms with van der Waals surface area (Å²) < 4.78 is 12.4. The maximum absolute atomic E-state index is 7.11. The average molecular weight is 570 g/mol. The SMILES string of the molecule is CC1SCC[n+]2c3c(cc4c5ccccc5n(-c5oc6cccc7c6c5C(C)C5C=CC=CC=C7CC5)c42)CCCC31. The number of benzene rings is 2. The van der Waals surface area contributed by atoms with Crippen molar-refractivity contribution >= 4 is 50.2 Å². The standard InChI is InChI=1S/C38H37N2OS/c1-23-25-10-4-3-5-11-26(19-18-25)29-15-9-17-33-35(29)34(23)38(41-33)40-32-16-7-6-13-30(32)31-22-27-12-8-14-28-24(2)42-21-20-39(36(27)28)37(31)40/h3-7,9-11,13,15-17,22-25,28H,8,12,14,18-21H2,1-2H3/q+1. The van der Waals surface area contributed by atoms with Crippen LogP contribution in [0.1, 0.15) is 73.8 Å². The molecule has 4 heterocycles. The van der Waals surface area contributed by atoms with Crippen molar-refractivity contribution < 1.29 is 8.98 Å². The van der Waals surface area contributed by atoms with Gasteiger partial charge in [0, 0.05) is 27.7 Å². The first-order chi connectivity index (χ1) is 20.7. The van der Waals surface area contributed by atoms with E-state index in [0.717, 1.165) is 36.6 Å². The summed E-state index contributed by atoms with van der Waals surface area (Å²) in [6.45, 7) is 5.93. The summed E-state index contributed by atoms with van der Waals surface area (Å²) >= 11 is 2.16. The van der Waals surface area contributed by atoms with Crippen LogP contribution in [0.4, 0.5) is 0 Å². The van der Waals surface area contributed by atoms with Gasteiger partial charge in [-0.25, -0.2) is 4.57 Å². The summed E-state index contributed by atoms with van der Waals surface area (Å²) in [5.74, 6) is 3.55. The Morgan fingerprint density at radius 3 is 2.83 bits per heavy atom. The van der Waals surface area contributed by atoms with Crippen molar-refractivity contribution in [3.05, 3.63) is 101 Å². The van der Waals surface area contributed by atoms with Crippen LogP contribution in [0.5, 0.6) is 0 Å². The van der Waals surface area contributed by atoms with E-state index >= 15 is 0 Å². The van der Waals surface area contributed by atoms with Crippen LogP contribution < -0.4 is 4.57 Å². The summed E-state index contributed by atoms with van der Waals surface area (Å²) in [6.07, 6.45) is 17.4. The fraction of sp³-hybridized carbons (Fsp3) is 0.342. The van der Waals surface area contributed by atoms with Gasteiger partial charge >= 0.3 is 0 Å². The van der Waals surface area contributed by atoms with Crippen molar-refractivity contribution in [2.24, 2.45) is 5.92 Å². The molecule has 0 saturated heterocycles. The van der Waals surface area contributed by atoms with Crippen LogP contribution in [0.25, 0.3) is 44.4 Å². The Hall–Kier alpha value is -3.50. The van der Waals surface area contributed by atoms with Gasteiger partial charge in [-0.2, -0.15) is 16.3 Å². The maximum atomic E-state index is 7.11. The van der Waals surface area contributed by atoms with Gasteiger partial charge in [0.05, 0.1) is 17.5 Å². The van der Waals surface area contributed by atoms with E-state index in [1.165, 1.54) is 63.3 Å². The summed E-state index contributed by atoms with van der Waals surface area (Å²) in [5.41, 5.74) is 10.8. The molecular formula is C38H37N2OS+. The van der Waals surface area contributed by atoms with Gasteiger partial charge in [-0.15, -0.1) is 0 Å². The maximum Gasteiger partial charge on any atom is 0.299 e. The number of nitrogens with zero attached hydrogens (tertiary/aromatic N) is 2. The number of allylic oxidation sites excluding steroid dienone is 6. The van der Waals surface area contributed by atoms with Crippen molar-refractivity contribution in [3.63, 3.8) is 0 Å². The molecule has 0 spiro atoms. The Balaban J connectivity index is 1.44. The van der Waals surface area contributed by atoms with E-state index in [1.807, 2.05) is 0 Å². The third kappa shape index (κ3) is 3.51. The highest BCUT2D eigenvalue weighted by Gasteiger charge is 2.39. The smallest absolute Gasteiger partial charge is 0.299 e. The van der Waals surface area contributed by atoms with E-state index in [2.05, 4.69) is 114 Å². The molecule has 4 atom stereocenters. The molecule has 2 aromatic carbocycles. The number of fused-ring (bicyclic) bond motifs is 8. The molecule has 4 aliphatic rings. The molecule has 9 rings (SSSR count). The van der Waals surface area contributed by atoms with Crippen molar-refractivity contribution in [1.82, 2.24) is 4.57 Å². The number of para-hydroxylation sites is 1. The van der Waals surface area contributed by atoms with Crippen molar-refractivity contribution in [2.75, 3.05) is 5.75 Å². The summed E-state index contributed by atoms with van der Waals surface area (Å²) in [4.78, 5) is 0. The number of aromatic nitrogens is 2. The van der Waals surface area contributed by atoms with Crippen LogP contribution in [-0.2, 0) is 13.0 Å². The predicted octanol–water partition coefficient (Wildman–Crippen LogP) is 9.40. The minimum absolute atomic E-state index is 0.327. The molecule has 0 radical (unpaired) electrons. The topological polar surface area (TPSA) is 21.9 Å². The van der Waals surface area contributed by atoms with E-state index in [0.29, 0.717) is 23.0 Å². The first-order valence-corrected chi connectivity index (χ1v) is 16.9. The van der Waals surface area contributed by atoms with Crippen molar-refractivity contribution in [2.45, 2.75) is 69.6 Å². The Morgan fingerprint density at radius 1 is 0.952 bits per heavy atom. The van der Waals surface area contributed by atoms with Gasteiger partial charge < -0.3 is 4.42 Å². The zero-order valence-electron chi connectivity index (χ0n) is 24.5. The van der Waals surface area contributed by atoms with Crippen molar-refractivity contribution in [1.29, 1.82) is 0 Å². The largest absolute Gasteiger partial charge is 0.422 e. The van der Waals surface area contributed by atoms with Crippen LogP contribution in [0.2, 0.25) is 0 Å². The molecule has 4 unspecified atom stereocenters. The summed E-state index contributed by atoms with van der Waals surface area (Å²) in [6, 6.07) is 18.3. The van der Waals surface area contributed by atoms with Crippen LogP contribution in [0.15, 0.2) is 83.3 Å². The molecule has 0 N–H and O–H groups in total. The van der Waals surface area contributed by atoms with Gasteiger partial charge in [-0.3, -0.25) is 0 Å². The Labute approximate surface area is 251 Å². The molecule has 3 aromatic heterocycles. The molecule has 3 aliphatic carbocycles. The van der Waals surface area contributed by atoms with Crippen LogP contribution in [0.3, 0.4) is 0 Å². The zero-order valence-corrected chi connectivity index (χ0v) is 25.3. The molecule has 4 heteroatoms. The fourth-order valence-corrected chi connectivity index (χ4v) is 9.79. The molecule has 5 aromatic rings. The molecular weight excluding hydrogens is 532 g/mol. The Bertz CT molecular complexity index is 2000. The van der Waals surface area contributed by atoms with Crippen LogP contribution in [-0.4, -0.2) is 15.6 Å². The Kier molecular flexibility index (Phi) is 5.67. The van der Waals surface area contributed by atoms with E-state index < -0.39 is 0 Å². The summed E-state index contributed by atoms with van der Waals surface area (Å²) in [5, 5.41) is 4.66. The number of pyridine rings is 1. The molecule has 42 heavy (non-hydrogen) atoms. The van der Waals surface area contributed by atoms with Crippen LogP contribution >= 0.6 is 11.8 Å². The number of hydrogen-bond donors (Lipinski definition) is 0. The van der Waals surface area contributed by atoms with Crippen molar-refractivity contribution in [3.8, 4) is 5.88 Å². The lowest BCUT2D eigenvalue weighted by Crippen LogP contribution is -2.44. The molecule has 0 amide bonds. The quantitative estimate of drug-likeness (QED) is 0.188. The number of aryl methyl sites for hydroxylation is 2. The first-order valence-electron chi connectivity index (χ1n) is 15.9. The van der Waals surface area contributed by atoms with Crippen LogP contribution in [0, 0.1) is 5.92 Å². The molecule has 3 nitrogen and oxygen atoms in total. The number of rotatable bonds is 1. The third-order valence-electron chi connectivity index (χ3n) is 10.7. The van der Waals surface area contributed by atoms with Gasteiger partial charge in [0.15, 0.2) is 0 Å². The fourth-order valence-electron chi connectivity index (χ4n) is 8.63. The van der Waals surface area contributed by atoms with Gasteiger partial charge in [-0.05, 0) is 84.9 Å². The first kappa shape index (κ1) is 25.0. The predicted molar refractivity (Wildman–Crippen MR) is 176 cm³/mol. The van der Waals surface area contributed by atoms with Gasteiger partial charge in [0.25, 0.3) is 11.5 Å². The third-order valence-corrected chi connectivity index (χ3v) is 11.9. The van der Waals surface area contributed by atoms with Gasteiger partial charge in [-0.1, -0.05) is 68.5 Å². The highest BCUT2D eigenvalue weighted by Crippen LogP contribution is 2.48. The summed E-state index contributed by atoms with van der Waals surface area (Å²) in [7, 11) is 0.